The Labute approximate surface area is 264 Å². The SMILES string of the molecule is COC(=O)[C@H](Cc1ccccc1)NC(=O)Nc1ccc([C@H]2O[C@@H](CN3CCC[C@H]3CO)[C@@H](C)[C@@H](c3ccc(CO)cc3)O2)cc1. The zero-order valence-electron chi connectivity index (χ0n) is 25.8. The standard InChI is InChI=1S/C35H43N3O7/c1-23-31(20-38-18-6-9-29(38)22-40)44-34(45-32(23)26-12-10-25(21-39)11-13-26)27-14-16-28(17-15-27)36-35(42)37-30(33(41)43-2)19-24-7-4-3-5-8-24/h3-5,7-8,10-17,23,29-32,34,39-40H,6,9,18-22H2,1-2H3,(H2,36,37,42)/t23-,29+,30+,31+,32+,34+/m1/s1. The van der Waals surface area contributed by atoms with Gasteiger partial charge in [-0.25, -0.2) is 9.59 Å². The van der Waals surface area contributed by atoms with Crippen molar-refractivity contribution in [3.63, 3.8) is 0 Å². The summed E-state index contributed by atoms with van der Waals surface area (Å²) in [5.41, 5.74) is 4.07. The van der Waals surface area contributed by atoms with E-state index in [0.29, 0.717) is 18.7 Å². The number of anilines is 1. The molecule has 2 heterocycles. The molecule has 0 aromatic heterocycles. The molecule has 2 saturated heterocycles. The average molecular weight is 618 g/mol. The van der Waals surface area contributed by atoms with Gasteiger partial charge in [-0.3, -0.25) is 4.90 Å². The molecule has 2 aliphatic rings. The van der Waals surface area contributed by atoms with Crippen molar-refractivity contribution in [1.29, 1.82) is 0 Å². The fourth-order valence-corrected chi connectivity index (χ4v) is 6.14. The summed E-state index contributed by atoms with van der Waals surface area (Å²) >= 11 is 0. The van der Waals surface area contributed by atoms with Gasteiger partial charge in [0.15, 0.2) is 6.29 Å². The lowest BCUT2D eigenvalue weighted by molar-refractivity contribution is -0.276. The largest absolute Gasteiger partial charge is 0.467 e. The number of aliphatic hydroxyl groups is 2. The van der Waals surface area contributed by atoms with Crippen LogP contribution >= 0.6 is 0 Å². The van der Waals surface area contributed by atoms with Crippen LogP contribution in [-0.4, -0.2) is 72.1 Å². The molecule has 10 nitrogen and oxygen atoms in total. The first-order chi connectivity index (χ1) is 21.9. The minimum Gasteiger partial charge on any atom is -0.467 e. The number of nitrogens with one attached hydrogen (secondary N) is 2. The third-order valence-electron chi connectivity index (χ3n) is 8.76. The zero-order valence-corrected chi connectivity index (χ0v) is 25.8. The quantitative estimate of drug-likeness (QED) is 0.234. The number of benzene rings is 3. The topological polar surface area (TPSA) is 130 Å². The molecule has 2 fully saturated rings. The summed E-state index contributed by atoms with van der Waals surface area (Å²) in [6.45, 7) is 3.83. The van der Waals surface area contributed by atoms with Crippen LogP contribution in [0.1, 0.15) is 54.4 Å². The fourth-order valence-electron chi connectivity index (χ4n) is 6.14. The van der Waals surface area contributed by atoms with Crippen molar-refractivity contribution in [2.45, 2.75) is 63.4 Å². The predicted molar refractivity (Wildman–Crippen MR) is 169 cm³/mol. The number of rotatable bonds is 11. The number of aliphatic hydroxyl groups excluding tert-OH is 2. The second-order valence-electron chi connectivity index (χ2n) is 11.8. The second kappa shape index (κ2) is 15.5. The van der Waals surface area contributed by atoms with Crippen molar-refractivity contribution >= 4 is 17.7 Å². The van der Waals surface area contributed by atoms with Gasteiger partial charge in [0, 0.05) is 36.2 Å². The number of urea groups is 1. The number of amides is 2. The van der Waals surface area contributed by atoms with E-state index >= 15 is 0 Å². The molecule has 3 aromatic carbocycles. The van der Waals surface area contributed by atoms with E-state index < -0.39 is 24.3 Å². The van der Waals surface area contributed by atoms with Gasteiger partial charge in [-0.2, -0.15) is 0 Å². The number of hydrogen-bond acceptors (Lipinski definition) is 8. The number of ether oxygens (including phenoxy) is 3. The number of likely N-dealkylation sites (tertiary alicyclic amines) is 1. The van der Waals surface area contributed by atoms with Gasteiger partial charge in [0.1, 0.15) is 6.04 Å². The van der Waals surface area contributed by atoms with Crippen LogP contribution < -0.4 is 10.6 Å². The van der Waals surface area contributed by atoms with E-state index in [2.05, 4.69) is 22.5 Å². The third kappa shape index (κ3) is 8.27. The first-order valence-corrected chi connectivity index (χ1v) is 15.5. The summed E-state index contributed by atoms with van der Waals surface area (Å²) in [6.07, 6.45) is 1.27. The van der Waals surface area contributed by atoms with Gasteiger partial charge in [-0.05, 0) is 48.2 Å². The van der Waals surface area contributed by atoms with Crippen molar-refractivity contribution < 1.29 is 34.0 Å². The van der Waals surface area contributed by atoms with Crippen LogP contribution in [0.4, 0.5) is 10.5 Å². The van der Waals surface area contributed by atoms with Crippen molar-refractivity contribution in [3.8, 4) is 0 Å². The van der Waals surface area contributed by atoms with Crippen molar-refractivity contribution in [1.82, 2.24) is 10.2 Å². The van der Waals surface area contributed by atoms with Crippen LogP contribution in [0.15, 0.2) is 78.9 Å². The monoisotopic (exact) mass is 617 g/mol. The molecule has 0 radical (unpaired) electrons. The predicted octanol–water partition coefficient (Wildman–Crippen LogP) is 4.33. The van der Waals surface area contributed by atoms with E-state index in [1.165, 1.54) is 7.11 Å². The molecule has 0 unspecified atom stereocenters. The number of carbonyl (C=O) groups excluding carboxylic acids is 2. The highest BCUT2D eigenvalue weighted by Gasteiger charge is 2.40. The Hall–Kier alpha value is -3.80. The highest BCUT2D eigenvalue weighted by molar-refractivity contribution is 5.92. The van der Waals surface area contributed by atoms with Gasteiger partial charge in [0.25, 0.3) is 0 Å². The number of methoxy groups -OCH3 is 1. The highest BCUT2D eigenvalue weighted by Crippen LogP contribution is 2.42. The average Bonchev–Trinajstić information content (AvgIpc) is 3.53. The lowest BCUT2D eigenvalue weighted by Crippen LogP contribution is -2.46. The van der Waals surface area contributed by atoms with Crippen LogP contribution in [0.5, 0.6) is 0 Å². The third-order valence-corrected chi connectivity index (χ3v) is 8.76. The molecule has 0 saturated carbocycles. The lowest BCUT2D eigenvalue weighted by Gasteiger charge is -2.43. The Bertz CT molecular complexity index is 1390. The van der Waals surface area contributed by atoms with Gasteiger partial charge in [-0.15, -0.1) is 0 Å². The number of carbonyl (C=O) groups is 2. The summed E-state index contributed by atoms with van der Waals surface area (Å²) in [7, 11) is 1.30. The minimum atomic E-state index is -0.843. The molecule has 4 N–H and O–H groups in total. The summed E-state index contributed by atoms with van der Waals surface area (Å²) in [5.74, 6) is -0.496. The van der Waals surface area contributed by atoms with Crippen molar-refractivity contribution in [2.75, 3.05) is 32.1 Å². The first kappa shape index (κ1) is 32.6. The smallest absolute Gasteiger partial charge is 0.328 e. The summed E-state index contributed by atoms with van der Waals surface area (Å²) in [6, 6.07) is 23.2. The Morgan fingerprint density at radius 3 is 2.33 bits per heavy atom. The van der Waals surface area contributed by atoms with Crippen LogP contribution in [0, 0.1) is 5.92 Å². The van der Waals surface area contributed by atoms with E-state index in [1.807, 2.05) is 66.7 Å². The van der Waals surface area contributed by atoms with E-state index in [0.717, 1.165) is 41.6 Å². The van der Waals surface area contributed by atoms with Crippen LogP contribution in [-0.2, 0) is 32.0 Å². The first-order valence-electron chi connectivity index (χ1n) is 15.5. The van der Waals surface area contributed by atoms with Gasteiger partial charge >= 0.3 is 12.0 Å². The molecule has 10 heteroatoms. The Balaban J connectivity index is 1.28. The van der Waals surface area contributed by atoms with E-state index in [-0.39, 0.29) is 37.4 Å². The Kier molecular flexibility index (Phi) is 11.2. The molecule has 2 aliphatic heterocycles. The Morgan fingerprint density at radius 2 is 1.67 bits per heavy atom. The van der Waals surface area contributed by atoms with Crippen molar-refractivity contribution in [3.05, 3.63) is 101 Å². The molecule has 3 aromatic rings. The molecule has 0 aliphatic carbocycles. The van der Waals surface area contributed by atoms with Crippen LogP contribution in [0.25, 0.3) is 0 Å². The molecular formula is C35H43N3O7. The fraction of sp³-hybridized carbons (Fsp3) is 0.429. The van der Waals surface area contributed by atoms with Gasteiger partial charge < -0.3 is 35.1 Å². The lowest BCUT2D eigenvalue weighted by atomic mass is 9.90. The number of nitrogens with zero attached hydrogens (tertiary/aromatic N) is 1. The molecule has 5 rings (SSSR count). The maximum absolute atomic E-state index is 12.8. The zero-order chi connectivity index (χ0) is 31.8. The summed E-state index contributed by atoms with van der Waals surface area (Å²) < 4.78 is 18.0. The highest BCUT2D eigenvalue weighted by atomic mass is 16.7. The minimum absolute atomic E-state index is 0.0258. The summed E-state index contributed by atoms with van der Waals surface area (Å²) in [4.78, 5) is 27.5. The van der Waals surface area contributed by atoms with Gasteiger partial charge in [-0.1, -0.05) is 73.7 Å². The molecule has 45 heavy (non-hydrogen) atoms. The molecule has 6 atom stereocenters. The van der Waals surface area contributed by atoms with Crippen molar-refractivity contribution in [2.24, 2.45) is 5.92 Å². The summed E-state index contributed by atoms with van der Waals surface area (Å²) in [5, 5.41) is 24.9. The molecular weight excluding hydrogens is 574 g/mol. The second-order valence-corrected chi connectivity index (χ2v) is 11.8. The Morgan fingerprint density at radius 1 is 0.956 bits per heavy atom. The number of esters is 1. The van der Waals surface area contributed by atoms with Gasteiger partial charge in [0.2, 0.25) is 0 Å². The van der Waals surface area contributed by atoms with Crippen LogP contribution in [0.3, 0.4) is 0 Å². The number of hydrogen-bond donors (Lipinski definition) is 4. The van der Waals surface area contributed by atoms with E-state index in [1.54, 1.807) is 12.1 Å². The molecule has 0 spiro atoms. The van der Waals surface area contributed by atoms with E-state index in [9.17, 15) is 19.8 Å². The molecule has 240 valence electrons. The van der Waals surface area contributed by atoms with Gasteiger partial charge in [0.05, 0.1) is 32.5 Å². The maximum Gasteiger partial charge on any atom is 0.328 e. The van der Waals surface area contributed by atoms with E-state index in [4.69, 9.17) is 14.2 Å². The molecule has 0 bridgehead atoms. The van der Waals surface area contributed by atoms with Crippen LogP contribution in [0.2, 0.25) is 0 Å². The normalized spacial score (nSPS) is 24.1. The maximum atomic E-state index is 12.8. The molecule has 2 amide bonds.